The van der Waals surface area contributed by atoms with Crippen LogP contribution in [0.5, 0.6) is 11.5 Å². The summed E-state index contributed by atoms with van der Waals surface area (Å²) in [7, 11) is 4.73. The van der Waals surface area contributed by atoms with Crippen LogP contribution in [0.3, 0.4) is 0 Å². The summed E-state index contributed by atoms with van der Waals surface area (Å²) in [6.07, 6.45) is 0.914. The molecule has 0 aromatic heterocycles. The quantitative estimate of drug-likeness (QED) is 0.471. The molecular weight excluding hydrogens is 220 g/mol. The molecule has 2 N–H and O–H groups in total. The Bertz CT molecular complexity index is 391. The van der Waals surface area contributed by atoms with Crippen LogP contribution >= 0.6 is 0 Å². The lowest BCUT2D eigenvalue weighted by molar-refractivity contribution is -0.130. The molecule has 0 fully saturated rings. The molecule has 5 heteroatoms. The molecule has 1 aromatic carbocycles. The van der Waals surface area contributed by atoms with E-state index < -0.39 is 0 Å². The van der Waals surface area contributed by atoms with E-state index in [1.54, 1.807) is 14.2 Å². The van der Waals surface area contributed by atoms with Gasteiger partial charge in [-0.05, 0) is 30.2 Å². The SMILES string of the molecule is COc1ccc(OC)c(CCC(=O)N(C)N)c1. The maximum atomic E-state index is 11.4. The molecule has 0 saturated carbocycles. The number of ether oxygens (including phenoxy) is 2. The molecule has 0 bridgehead atoms. The van der Waals surface area contributed by atoms with E-state index in [-0.39, 0.29) is 5.91 Å². The molecule has 5 nitrogen and oxygen atoms in total. The third-order valence-electron chi connectivity index (χ3n) is 2.49. The van der Waals surface area contributed by atoms with Gasteiger partial charge in [0.15, 0.2) is 0 Å². The Morgan fingerprint density at radius 1 is 1.35 bits per heavy atom. The molecule has 1 amide bonds. The Labute approximate surface area is 101 Å². The number of hydrazine groups is 1. The molecule has 0 aliphatic rings. The number of nitrogens with zero attached hydrogens (tertiary/aromatic N) is 1. The number of rotatable bonds is 5. The van der Waals surface area contributed by atoms with E-state index in [2.05, 4.69) is 0 Å². The summed E-state index contributed by atoms with van der Waals surface area (Å²) < 4.78 is 10.4. The van der Waals surface area contributed by atoms with E-state index in [4.69, 9.17) is 15.3 Å². The highest BCUT2D eigenvalue weighted by Gasteiger charge is 2.09. The van der Waals surface area contributed by atoms with E-state index in [0.717, 1.165) is 22.1 Å². The van der Waals surface area contributed by atoms with Gasteiger partial charge in [-0.2, -0.15) is 0 Å². The second-order valence-electron chi connectivity index (χ2n) is 3.68. The third-order valence-corrected chi connectivity index (χ3v) is 2.49. The van der Waals surface area contributed by atoms with Crippen LogP contribution in [0.25, 0.3) is 0 Å². The summed E-state index contributed by atoms with van der Waals surface area (Å²) >= 11 is 0. The first kappa shape index (κ1) is 13.3. The second kappa shape index (κ2) is 6.10. The maximum absolute atomic E-state index is 11.4. The lowest BCUT2D eigenvalue weighted by Gasteiger charge is -2.12. The number of carbonyl (C=O) groups is 1. The largest absolute Gasteiger partial charge is 0.497 e. The Morgan fingerprint density at radius 2 is 2.06 bits per heavy atom. The topological polar surface area (TPSA) is 64.8 Å². The first-order chi connectivity index (χ1) is 8.08. The Balaban J connectivity index is 2.77. The second-order valence-corrected chi connectivity index (χ2v) is 3.68. The molecule has 0 aliphatic carbocycles. The fourth-order valence-electron chi connectivity index (χ4n) is 1.50. The van der Waals surface area contributed by atoms with Crippen molar-refractivity contribution in [2.24, 2.45) is 5.84 Å². The molecule has 1 aromatic rings. The van der Waals surface area contributed by atoms with E-state index in [1.807, 2.05) is 18.2 Å². The summed E-state index contributed by atoms with van der Waals surface area (Å²) in [6, 6.07) is 5.51. The lowest BCUT2D eigenvalue weighted by atomic mass is 10.1. The van der Waals surface area contributed by atoms with Gasteiger partial charge in [0.1, 0.15) is 11.5 Å². The van der Waals surface area contributed by atoms with Gasteiger partial charge in [0.05, 0.1) is 14.2 Å². The van der Waals surface area contributed by atoms with Gasteiger partial charge in [-0.25, -0.2) is 5.84 Å². The number of nitrogens with two attached hydrogens (primary N) is 1. The average molecular weight is 238 g/mol. The van der Waals surface area contributed by atoms with Crippen molar-refractivity contribution in [2.45, 2.75) is 12.8 Å². The molecule has 17 heavy (non-hydrogen) atoms. The predicted molar refractivity (Wildman–Crippen MR) is 64.8 cm³/mol. The molecule has 0 radical (unpaired) electrons. The van der Waals surface area contributed by atoms with E-state index in [0.29, 0.717) is 12.8 Å². The zero-order valence-corrected chi connectivity index (χ0v) is 10.4. The summed E-state index contributed by atoms with van der Waals surface area (Å²) in [5.41, 5.74) is 0.932. The monoisotopic (exact) mass is 238 g/mol. The smallest absolute Gasteiger partial charge is 0.236 e. The summed E-state index contributed by atoms with van der Waals surface area (Å²) in [5, 5.41) is 1.09. The first-order valence-electron chi connectivity index (χ1n) is 5.30. The molecule has 0 unspecified atom stereocenters. The van der Waals surface area contributed by atoms with Crippen LogP contribution in [0.15, 0.2) is 18.2 Å². The molecule has 0 atom stereocenters. The van der Waals surface area contributed by atoms with Crippen molar-refractivity contribution < 1.29 is 14.3 Å². The van der Waals surface area contributed by atoms with Crippen molar-refractivity contribution in [2.75, 3.05) is 21.3 Å². The van der Waals surface area contributed by atoms with Gasteiger partial charge in [0.25, 0.3) is 0 Å². The maximum Gasteiger partial charge on any atom is 0.236 e. The molecule has 1 rings (SSSR count). The zero-order valence-electron chi connectivity index (χ0n) is 10.4. The minimum absolute atomic E-state index is 0.116. The standard InChI is InChI=1S/C12H18N2O3/c1-14(13)12(15)7-4-9-8-10(16-2)5-6-11(9)17-3/h5-6,8H,4,7,13H2,1-3H3. The van der Waals surface area contributed by atoms with Gasteiger partial charge in [-0.3, -0.25) is 9.80 Å². The number of hydrogen-bond acceptors (Lipinski definition) is 4. The molecule has 0 spiro atoms. The molecule has 0 aliphatic heterocycles. The Kier molecular flexibility index (Phi) is 4.78. The highest BCUT2D eigenvalue weighted by molar-refractivity contribution is 5.75. The minimum Gasteiger partial charge on any atom is -0.497 e. The van der Waals surface area contributed by atoms with Crippen molar-refractivity contribution in [3.63, 3.8) is 0 Å². The van der Waals surface area contributed by atoms with Gasteiger partial charge < -0.3 is 9.47 Å². The van der Waals surface area contributed by atoms with Gasteiger partial charge in [-0.1, -0.05) is 0 Å². The summed E-state index contributed by atoms with van der Waals surface area (Å²) in [5.74, 6) is 6.73. The Hall–Kier alpha value is -1.75. The van der Waals surface area contributed by atoms with Crippen LogP contribution in [0.4, 0.5) is 0 Å². The van der Waals surface area contributed by atoms with Crippen molar-refractivity contribution in [1.29, 1.82) is 0 Å². The summed E-state index contributed by atoms with van der Waals surface area (Å²) in [6.45, 7) is 0. The molecule has 0 heterocycles. The molecule has 94 valence electrons. The number of amides is 1. The van der Waals surface area contributed by atoms with E-state index in [1.165, 1.54) is 7.05 Å². The van der Waals surface area contributed by atoms with Crippen molar-refractivity contribution in [3.05, 3.63) is 23.8 Å². The lowest BCUT2D eigenvalue weighted by Crippen LogP contribution is -2.33. The van der Waals surface area contributed by atoms with E-state index >= 15 is 0 Å². The molecular formula is C12H18N2O3. The van der Waals surface area contributed by atoms with Crippen LogP contribution < -0.4 is 15.3 Å². The minimum atomic E-state index is -0.116. The number of methoxy groups -OCH3 is 2. The van der Waals surface area contributed by atoms with Crippen LogP contribution in [-0.2, 0) is 11.2 Å². The summed E-state index contributed by atoms with van der Waals surface area (Å²) in [4.78, 5) is 11.4. The van der Waals surface area contributed by atoms with Crippen LogP contribution in [0.2, 0.25) is 0 Å². The predicted octanol–water partition coefficient (Wildman–Crippen LogP) is 0.968. The van der Waals surface area contributed by atoms with Gasteiger partial charge in [-0.15, -0.1) is 0 Å². The van der Waals surface area contributed by atoms with Gasteiger partial charge in [0, 0.05) is 13.5 Å². The first-order valence-corrected chi connectivity index (χ1v) is 5.30. The fourth-order valence-corrected chi connectivity index (χ4v) is 1.50. The zero-order chi connectivity index (χ0) is 12.8. The van der Waals surface area contributed by atoms with E-state index in [9.17, 15) is 4.79 Å². The van der Waals surface area contributed by atoms with Crippen molar-refractivity contribution >= 4 is 5.91 Å². The average Bonchev–Trinajstić information content (AvgIpc) is 2.35. The normalized spacial score (nSPS) is 9.88. The number of aryl methyl sites for hydroxylation is 1. The fraction of sp³-hybridized carbons (Fsp3) is 0.417. The van der Waals surface area contributed by atoms with Crippen LogP contribution in [-0.4, -0.2) is 32.2 Å². The van der Waals surface area contributed by atoms with Crippen molar-refractivity contribution in [1.82, 2.24) is 5.01 Å². The Morgan fingerprint density at radius 3 is 2.59 bits per heavy atom. The highest BCUT2D eigenvalue weighted by Crippen LogP contribution is 2.25. The third kappa shape index (κ3) is 3.64. The molecule has 0 saturated heterocycles. The van der Waals surface area contributed by atoms with Crippen LogP contribution in [0.1, 0.15) is 12.0 Å². The van der Waals surface area contributed by atoms with Gasteiger partial charge in [0.2, 0.25) is 5.91 Å². The number of carbonyl (C=O) groups excluding carboxylic acids is 1. The van der Waals surface area contributed by atoms with Crippen molar-refractivity contribution in [3.8, 4) is 11.5 Å². The van der Waals surface area contributed by atoms with Crippen LogP contribution in [0, 0.1) is 0 Å². The highest BCUT2D eigenvalue weighted by atomic mass is 16.5. The number of hydrogen-bond donors (Lipinski definition) is 1. The number of benzene rings is 1. The van der Waals surface area contributed by atoms with Gasteiger partial charge >= 0.3 is 0 Å².